The minimum atomic E-state index is 0.0966. The summed E-state index contributed by atoms with van der Waals surface area (Å²) in [6.07, 6.45) is 1.82. The molecule has 108 valence electrons. The van der Waals surface area contributed by atoms with Crippen LogP contribution in [0.4, 0.5) is 0 Å². The first-order valence-electron chi connectivity index (χ1n) is 7.06. The van der Waals surface area contributed by atoms with Gasteiger partial charge in [-0.05, 0) is 34.0 Å². The summed E-state index contributed by atoms with van der Waals surface area (Å²) in [7, 11) is 4.06. The molecule has 1 aromatic heterocycles. The third-order valence-electron chi connectivity index (χ3n) is 3.58. The van der Waals surface area contributed by atoms with E-state index in [0.717, 1.165) is 23.0 Å². The number of likely N-dealkylation sites (N-methyl/N-ethyl adjacent to an activating group) is 2. The van der Waals surface area contributed by atoms with E-state index in [9.17, 15) is 4.79 Å². The highest BCUT2D eigenvalue weighted by atomic mass is 16.2. The Labute approximate surface area is 120 Å². The number of hydrogen-bond acceptors (Lipinski definition) is 2. The first-order chi connectivity index (χ1) is 9.54. The van der Waals surface area contributed by atoms with Crippen LogP contribution in [0.1, 0.15) is 24.2 Å². The number of aromatic amines is 1. The van der Waals surface area contributed by atoms with Crippen LogP contribution in [0.2, 0.25) is 0 Å². The fourth-order valence-electron chi connectivity index (χ4n) is 2.69. The number of amides is 1. The van der Waals surface area contributed by atoms with E-state index in [1.165, 1.54) is 0 Å². The van der Waals surface area contributed by atoms with Gasteiger partial charge in [-0.15, -0.1) is 0 Å². The number of H-pyrrole nitrogens is 1. The number of rotatable bonds is 5. The molecule has 0 saturated carbocycles. The van der Waals surface area contributed by atoms with Gasteiger partial charge in [-0.3, -0.25) is 4.79 Å². The molecule has 1 unspecified atom stereocenters. The predicted molar refractivity (Wildman–Crippen MR) is 83.0 cm³/mol. The van der Waals surface area contributed by atoms with E-state index in [1.807, 2.05) is 56.4 Å². The summed E-state index contributed by atoms with van der Waals surface area (Å²) < 4.78 is 0. The summed E-state index contributed by atoms with van der Waals surface area (Å²) >= 11 is 0. The van der Waals surface area contributed by atoms with Gasteiger partial charge in [0.25, 0.3) is 5.91 Å². The van der Waals surface area contributed by atoms with Crippen LogP contribution in [0.5, 0.6) is 0 Å². The van der Waals surface area contributed by atoms with E-state index in [4.69, 9.17) is 0 Å². The lowest BCUT2D eigenvalue weighted by molar-refractivity contribution is 0.0681. The van der Waals surface area contributed by atoms with Crippen molar-refractivity contribution < 1.29 is 4.79 Å². The Morgan fingerprint density at radius 2 is 2.00 bits per heavy atom. The molecule has 1 heterocycles. The van der Waals surface area contributed by atoms with Gasteiger partial charge in [0.05, 0.1) is 5.56 Å². The largest absolute Gasteiger partial charge is 0.360 e. The lowest BCUT2D eigenvalue weighted by Crippen LogP contribution is -2.43. The number of nitrogens with one attached hydrogen (secondary N) is 1. The van der Waals surface area contributed by atoms with Crippen molar-refractivity contribution in [2.75, 3.05) is 27.2 Å². The molecular formula is C16H23N3O. The zero-order valence-electron chi connectivity index (χ0n) is 12.7. The average Bonchev–Trinajstić information content (AvgIpc) is 2.82. The van der Waals surface area contributed by atoms with Gasteiger partial charge in [0, 0.05) is 36.2 Å². The molecule has 0 spiro atoms. The molecule has 0 fully saturated rings. The minimum absolute atomic E-state index is 0.0966. The number of nitrogens with zero attached hydrogens (tertiary/aromatic N) is 2. The molecule has 0 aliphatic carbocycles. The van der Waals surface area contributed by atoms with E-state index in [2.05, 4.69) is 16.8 Å². The molecule has 20 heavy (non-hydrogen) atoms. The van der Waals surface area contributed by atoms with Gasteiger partial charge >= 0.3 is 0 Å². The second-order valence-electron chi connectivity index (χ2n) is 5.45. The Morgan fingerprint density at radius 1 is 1.30 bits per heavy atom. The summed E-state index contributed by atoms with van der Waals surface area (Å²) in [5.74, 6) is 0.0966. The van der Waals surface area contributed by atoms with E-state index < -0.39 is 0 Å². The first kappa shape index (κ1) is 14.6. The van der Waals surface area contributed by atoms with Gasteiger partial charge in [-0.25, -0.2) is 0 Å². The predicted octanol–water partition coefficient (Wildman–Crippen LogP) is 2.58. The maximum Gasteiger partial charge on any atom is 0.256 e. The number of carbonyl (C=O) groups is 1. The van der Waals surface area contributed by atoms with Crippen molar-refractivity contribution in [3.63, 3.8) is 0 Å². The van der Waals surface area contributed by atoms with Crippen LogP contribution < -0.4 is 0 Å². The molecule has 1 amide bonds. The molecule has 4 nitrogen and oxygen atoms in total. The normalized spacial score (nSPS) is 12.8. The van der Waals surface area contributed by atoms with Crippen LogP contribution in [-0.2, 0) is 0 Å². The summed E-state index contributed by atoms with van der Waals surface area (Å²) in [5.41, 5.74) is 1.76. The minimum Gasteiger partial charge on any atom is -0.360 e. The molecular weight excluding hydrogens is 250 g/mol. The highest BCUT2D eigenvalue weighted by molar-refractivity contribution is 6.06. The van der Waals surface area contributed by atoms with Crippen molar-refractivity contribution in [2.45, 2.75) is 19.9 Å². The number of fused-ring (bicyclic) bond motifs is 1. The summed E-state index contributed by atoms with van der Waals surface area (Å²) in [6.45, 7) is 5.70. The lowest BCUT2D eigenvalue weighted by Gasteiger charge is -2.30. The Morgan fingerprint density at radius 3 is 2.65 bits per heavy atom. The molecule has 0 saturated heterocycles. The fraction of sp³-hybridized carbons (Fsp3) is 0.438. The standard InChI is InChI=1S/C16H23N3O/c1-5-19(12(2)11-18(3)4)16(20)14-10-17-15-9-7-6-8-13(14)15/h6-10,12,17H,5,11H2,1-4H3. The van der Waals surface area contributed by atoms with Crippen molar-refractivity contribution in [3.8, 4) is 0 Å². The zero-order chi connectivity index (χ0) is 14.7. The van der Waals surface area contributed by atoms with Crippen LogP contribution >= 0.6 is 0 Å². The van der Waals surface area contributed by atoms with E-state index >= 15 is 0 Å². The number of benzene rings is 1. The molecule has 4 heteroatoms. The van der Waals surface area contributed by atoms with Crippen LogP contribution in [-0.4, -0.2) is 53.9 Å². The summed E-state index contributed by atoms with van der Waals surface area (Å²) in [5, 5.41) is 0.994. The maximum absolute atomic E-state index is 12.8. The Hall–Kier alpha value is -1.81. The monoisotopic (exact) mass is 273 g/mol. The highest BCUT2D eigenvalue weighted by Crippen LogP contribution is 2.20. The SMILES string of the molecule is CCN(C(=O)c1c[nH]c2ccccc12)C(C)CN(C)C. The summed E-state index contributed by atoms with van der Waals surface area (Å²) in [6, 6.07) is 8.11. The average molecular weight is 273 g/mol. The molecule has 1 N–H and O–H groups in total. The molecule has 2 rings (SSSR count). The third kappa shape index (κ3) is 2.85. The van der Waals surface area contributed by atoms with Gasteiger partial charge in [0.1, 0.15) is 0 Å². The molecule has 0 radical (unpaired) electrons. The van der Waals surface area contributed by atoms with Gasteiger partial charge in [-0.1, -0.05) is 18.2 Å². The topological polar surface area (TPSA) is 39.3 Å². The van der Waals surface area contributed by atoms with Crippen LogP contribution in [0.3, 0.4) is 0 Å². The van der Waals surface area contributed by atoms with Gasteiger partial charge < -0.3 is 14.8 Å². The molecule has 1 atom stereocenters. The second-order valence-corrected chi connectivity index (χ2v) is 5.45. The van der Waals surface area contributed by atoms with E-state index in [-0.39, 0.29) is 11.9 Å². The van der Waals surface area contributed by atoms with Crippen LogP contribution in [0, 0.1) is 0 Å². The quantitative estimate of drug-likeness (QED) is 0.909. The van der Waals surface area contributed by atoms with Gasteiger partial charge in [-0.2, -0.15) is 0 Å². The maximum atomic E-state index is 12.8. The second kappa shape index (κ2) is 6.09. The highest BCUT2D eigenvalue weighted by Gasteiger charge is 2.22. The Bertz CT molecular complexity index is 588. The van der Waals surface area contributed by atoms with Gasteiger partial charge in [0.2, 0.25) is 0 Å². The Balaban J connectivity index is 2.28. The van der Waals surface area contributed by atoms with Crippen molar-refractivity contribution in [2.24, 2.45) is 0 Å². The van der Waals surface area contributed by atoms with E-state index in [1.54, 1.807) is 0 Å². The summed E-state index contributed by atoms with van der Waals surface area (Å²) in [4.78, 5) is 20.0. The first-order valence-corrected chi connectivity index (χ1v) is 7.06. The number of aromatic nitrogens is 1. The number of hydrogen-bond donors (Lipinski definition) is 1. The smallest absolute Gasteiger partial charge is 0.256 e. The third-order valence-corrected chi connectivity index (χ3v) is 3.58. The van der Waals surface area contributed by atoms with Crippen LogP contribution in [0.25, 0.3) is 10.9 Å². The van der Waals surface area contributed by atoms with Crippen molar-refractivity contribution in [1.82, 2.24) is 14.8 Å². The van der Waals surface area contributed by atoms with Crippen molar-refractivity contribution in [3.05, 3.63) is 36.0 Å². The number of carbonyl (C=O) groups excluding carboxylic acids is 1. The number of para-hydroxylation sites is 1. The van der Waals surface area contributed by atoms with Crippen molar-refractivity contribution in [1.29, 1.82) is 0 Å². The zero-order valence-corrected chi connectivity index (χ0v) is 12.7. The fourth-order valence-corrected chi connectivity index (χ4v) is 2.69. The van der Waals surface area contributed by atoms with Gasteiger partial charge in [0.15, 0.2) is 0 Å². The Kier molecular flexibility index (Phi) is 4.45. The molecule has 0 aliphatic rings. The molecule has 0 aliphatic heterocycles. The van der Waals surface area contributed by atoms with E-state index in [0.29, 0.717) is 6.54 Å². The molecule has 1 aromatic carbocycles. The molecule has 0 bridgehead atoms. The van der Waals surface area contributed by atoms with Crippen molar-refractivity contribution >= 4 is 16.8 Å². The van der Waals surface area contributed by atoms with Crippen LogP contribution in [0.15, 0.2) is 30.5 Å². The lowest BCUT2D eigenvalue weighted by atomic mass is 10.1. The molecule has 2 aromatic rings.